The maximum Gasteiger partial charge on any atom is 0.178 e. The molecule has 1 aliphatic rings. The molecule has 2 aromatic rings. The van der Waals surface area contributed by atoms with E-state index in [0.29, 0.717) is 10.8 Å². The summed E-state index contributed by atoms with van der Waals surface area (Å²) in [4.78, 5) is 4.27. The van der Waals surface area contributed by atoms with Crippen LogP contribution in [0.5, 0.6) is 0 Å². The summed E-state index contributed by atoms with van der Waals surface area (Å²) in [5.74, 6) is 0.477. The van der Waals surface area contributed by atoms with Crippen molar-refractivity contribution in [3.05, 3.63) is 33.8 Å². The highest BCUT2D eigenvalue weighted by atomic mass is 32.2. The van der Waals surface area contributed by atoms with Crippen LogP contribution in [0, 0.1) is 12.8 Å². The van der Waals surface area contributed by atoms with Crippen molar-refractivity contribution in [2.75, 3.05) is 19.3 Å². The fraction of sp³-hybridized carbons (Fsp3) is 0.562. The first kappa shape index (κ1) is 16.7. The molecule has 3 rings (SSSR count). The largest absolute Gasteiger partial charge is 0.298 e. The van der Waals surface area contributed by atoms with E-state index in [-0.39, 0.29) is 0 Å². The summed E-state index contributed by atoms with van der Waals surface area (Å²) >= 11 is 1.82. The number of aryl methyl sites for hydroxylation is 1. The second-order valence-electron chi connectivity index (χ2n) is 6.46. The molecule has 2 aromatic heterocycles. The van der Waals surface area contributed by atoms with E-state index in [1.54, 1.807) is 0 Å². The van der Waals surface area contributed by atoms with Gasteiger partial charge in [0.05, 0.1) is 11.9 Å². The number of likely N-dealkylation sites (tertiary alicyclic amines) is 1. The fourth-order valence-electron chi connectivity index (χ4n) is 3.29. The quantitative estimate of drug-likeness (QED) is 0.897. The lowest BCUT2D eigenvalue weighted by Gasteiger charge is -2.32. The van der Waals surface area contributed by atoms with Crippen molar-refractivity contribution in [2.24, 2.45) is 5.92 Å². The average molecular weight is 354 g/mol. The van der Waals surface area contributed by atoms with Gasteiger partial charge in [-0.2, -0.15) is 5.10 Å². The normalized spacial score (nSPS) is 20.0. The van der Waals surface area contributed by atoms with Gasteiger partial charge >= 0.3 is 0 Å². The Hall–Kier alpha value is -1.18. The molecule has 0 aromatic carbocycles. The molecule has 23 heavy (non-hydrogen) atoms. The van der Waals surface area contributed by atoms with Gasteiger partial charge in [0, 0.05) is 24.2 Å². The van der Waals surface area contributed by atoms with Gasteiger partial charge in [-0.05, 0) is 55.7 Å². The minimum Gasteiger partial charge on any atom is -0.298 e. The highest BCUT2D eigenvalue weighted by Gasteiger charge is 2.24. The Balaban J connectivity index is 1.65. The molecule has 1 N–H and O–H groups in total. The molecule has 0 saturated carbocycles. The van der Waals surface area contributed by atoms with Crippen LogP contribution in [0.2, 0.25) is 0 Å². The number of sulfone groups is 1. The van der Waals surface area contributed by atoms with Crippen molar-refractivity contribution in [1.29, 1.82) is 0 Å². The summed E-state index contributed by atoms with van der Waals surface area (Å²) < 4.78 is 23.6. The number of nitrogens with zero attached hydrogens (tertiary/aromatic N) is 2. The Morgan fingerprint density at radius 3 is 3.00 bits per heavy atom. The molecule has 7 heteroatoms. The van der Waals surface area contributed by atoms with Crippen LogP contribution in [0.25, 0.3) is 0 Å². The number of hydrogen-bond acceptors (Lipinski definition) is 5. The van der Waals surface area contributed by atoms with Gasteiger partial charge in [0.25, 0.3) is 0 Å². The van der Waals surface area contributed by atoms with Gasteiger partial charge in [0.1, 0.15) is 4.90 Å². The van der Waals surface area contributed by atoms with Crippen LogP contribution < -0.4 is 0 Å². The van der Waals surface area contributed by atoms with Gasteiger partial charge in [-0.25, -0.2) is 8.42 Å². The molecule has 0 unspecified atom stereocenters. The van der Waals surface area contributed by atoms with Crippen LogP contribution in [-0.2, 0) is 22.8 Å². The number of piperidine rings is 1. The number of thiophene rings is 1. The molecule has 0 amide bonds. The van der Waals surface area contributed by atoms with Gasteiger partial charge in [-0.3, -0.25) is 10.00 Å². The van der Waals surface area contributed by atoms with Gasteiger partial charge in [0.15, 0.2) is 9.84 Å². The predicted molar refractivity (Wildman–Crippen MR) is 92.5 cm³/mol. The third-order valence-corrected chi connectivity index (χ3v) is 6.67. The minimum absolute atomic E-state index is 0.351. The molecule has 3 heterocycles. The van der Waals surface area contributed by atoms with E-state index in [9.17, 15) is 8.42 Å². The number of H-pyrrole nitrogens is 1. The third-order valence-electron chi connectivity index (χ3n) is 4.51. The van der Waals surface area contributed by atoms with E-state index in [0.717, 1.165) is 44.6 Å². The second-order valence-corrected chi connectivity index (χ2v) is 9.44. The van der Waals surface area contributed by atoms with Crippen LogP contribution in [0.3, 0.4) is 0 Å². The SMILES string of the molecule is Cc1ccsc1CN1CCC[C@H](Cc2[nH]ncc2S(C)(=O)=O)C1. The van der Waals surface area contributed by atoms with Crippen LogP contribution in [0.4, 0.5) is 0 Å². The molecular weight excluding hydrogens is 330 g/mol. The smallest absolute Gasteiger partial charge is 0.178 e. The number of nitrogens with one attached hydrogen (secondary N) is 1. The van der Waals surface area contributed by atoms with Crippen LogP contribution >= 0.6 is 11.3 Å². The van der Waals surface area contributed by atoms with E-state index in [1.807, 2.05) is 11.3 Å². The second kappa shape index (κ2) is 6.75. The third kappa shape index (κ3) is 4.02. The highest BCUT2D eigenvalue weighted by molar-refractivity contribution is 7.90. The summed E-state index contributed by atoms with van der Waals surface area (Å²) in [6.45, 7) is 5.30. The van der Waals surface area contributed by atoms with Gasteiger partial charge in [0.2, 0.25) is 0 Å². The minimum atomic E-state index is -3.21. The number of aromatic nitrogens is 2. The molecule has 0 radical (unpaired) electrons. The van der Waals surface area contributed by atoms with Crippen molar-refractivity contribution in [1.82, 2.24) is 15.1 Å². The summed E-state index contributed by atoms with van der Waals surface area (Å²) in [6, 6.07) is 2.17. The van der Waals surface area contributed by atoms with Gasteiger partial charge < -0.3 is 0 Å². The first-order chi connectivity index (χ1) is 10.9. The number of aromatic amines is 1. The standard InChI is InChI=1S/C16H23N3O2S2/c1-12-5-7-22-15(12)11-19-6-3-4-13(10-19)8-14-16(9-17-18-14)23(2,20)21/h5,7,9,13H,3-4,6,8,10-11H2,1-2H3,(H,17,18)/t13-/m1/s1. The Labute approximate surface area is 141 Å². The molecule has 1 aliphatic heterocycles. The lowest BCUT2D eigenvalue weighted by atomic mass is 9.93. The van der Waals surface area contributed by atoms with Crippen molar-refractivity contribution < 1.29 is 8.42 Å². The van der Waals surface area contributed by atoms with Crippen molar-refractivity contribution in [3.8, 4) is 0 Å². The molecular formula is C16H23N3O2S2. The molecule has 0 bridgehead atoms. The van der Waals surface area contributed by atoms with E-state index < -0.39 is 9.84 Å². The number of hydrogen-bond donors (Lipinski definition) is 1. The van der Waals surface area contributed by atoms with Crippen LogP contribution in [-0.4, -0.2) is 42.9 Å². The Bertz CT molecular complexity index is 764. The zero-order valence-corrected chi connectivity index (χ0v) is 15.2. The predicted octanol–water partition coefficient (Wildman–Crippen LogP) is 2.64. The topological polar surface area (TPSA) is 66.1 Å². The maximum atomic E-state index is 11.8. The van der Waals surface area contributed by atoms with Crippen LogP contribution in [0.15, 0.2) is 22.5 Å². The molecule has 0 aliphatic carbocycles. The highest BCUT2D eigenvalue weighted by Crippen LogP contribution is 2.26. The lowest BCUT2D eigenvalue weighted by Crippen LogP contribution is -2.35. The lowest BCUT2D eigenvalue weighted by molar-refractivity contribution is 0.167. The summed E-state index contributed by atoms with van der Waals surface area (Å²) in [7, 11) is -3.21. The van der Waals surface area contributed by atoms with Gasteiger partial charge in [-0.1, -0.05) is 0 Å². The summed E-state index contributed by atoms with van der Waals surface area (Å²) in [5, 5.41) is 8.96. The molecule has 5 nitrogen and oxygen atoms in total. The number of rotatable bonds is 5. The molecule has 1 atom stereocenters. The Kier molecular flexibility index (Phi) is 4.89. The zero-order valence-electron chi connectivity index (χ0n) is 13.6. The Morgan fingerprint density at radius 1 is 1.48 bits per heavy atom. The zero-order chi connectivity index (χ0) is 16.4. The monoisotopic (exact) mass is 353 g/mol. The first-order valence-corrected chi connectivity index (χ1v) is 10.7. The molecule has 1 fully saturated rings. The Morgan fingerprint density at radius 2 is 2.30 bits per heavy atom. The maximum absolute atomic E-state index is 11.8. The van der Waals surface area contributed by atoms with E-state index >= 15 is 0 Å². The van der Waals surface area contributed by atoms with Crippen molar-refractivity contribution in [2.45, 2.75) is 37.6 Å². The van der Waals surface area contributed by atoms with Crippen LogP contribution in [0.1, 0.15) is 29.0 Å². The van der Waals surface area contributed by atoms with Crippen molar-refractivity contribution >= 4 is 21.2 Å². The fourth-order valence-corrected chi connectivity index (χ4v) is 5.06. The van der Waals surface area contributed by atoms with E-state index in [4.69, 9.17) is 0 Å². The summed E-state index contributed by atoms with van der Waals surface area (Å²) in [5.41, 5.74) is 2.12. The van der Waals surface area contributed by atoms with E-state index in [1.165, 1.54) is 22.9 Å². The molecule has 0 spiro atoms. The van der Waals surface area contributed by atoms with Gasteiger partial charge in [-0.15, -0.1) is 11.3 Å². The van der Waals surface area contributed by atoms with Crippen molar-refractivity contribution in [3.63, 3.8) is 0 Å². The molecule has 1 saturated heterocycles. The first-order valence-electron chi connectivity index (χ1n) is 7.91. The molecule has 126 valence electrons. The average Bonchev–Trinajstić information content (AvgIpc) is 3.09. The summed E-state index contributed by atoms with van der Waals surface area (Å²) in [6.07, 6.45) is 5.73. The van der Waals surface area contributed by atoms with E-state index in [2.05, 4.69) is 33.5 Å².